The van der Waals surface area contributed by atoms with Gasteiger partial charge in [0.1, 0.15) is 0 Å². The first kappa shape index (κ1) is 17.9. The highest BCUT2D eigenvalue weighted by atomic mass is 35.5. The molecule has 24 heavy (non-hydrogen) atoms. The molecule has 0 aromatic heterocycles. The molecular formula is C15H14ClN3O4S. The Labute approximate surface area is 143 Å². The van der Waals surface area contributed by atoms with Crippen LogP contribution in [0.15, 0.2) is 47.4 Å². The van der Waals surface area contributed by atoms with E-state index in [1.807, 2.05) is 6.92 Å². The Hall–Kier alpha value is -2.42. The number of carbonyl (C=O) groups excluding carboxylic acids is 2. The first-order chi connectivity index (χ1) is 11.2. The Bertz CT molecular complexity index is 895. The summed E-state index contributed by atoms with van der Waals surface area (Å²) in [5.74, 6) is -1.79. The van der Waals surface area contributed by atoms with Crippen LogP contribution in [0.4, 0.5) is 11.4 Å². The first-order valence-corrected chi connectivity index (χ1v) is 8.60. The molecule has 0 aliphatic carbocycles. The van der Waals surface area contributed by atoms with E-state index in [0.29, 0.717) is 10.7 Å². The number of amides is 2. The molecule has 0 aliphatic rings. The number of hydrogen-bond acceptors (Lipinski definition) is 4. The molecule has 0 fully saturated rings. The van der Waals surface area contributed by atoms with Crippen LogP contribution in [0.1, 0.15) is 5.56 Å². The maximum atomic E-state index is 11.9. The summed E-state index contributed by atoms with van der Waals surface area (Å²) in [5.41, 5.74) is 1.48. The Balaban J connectivity index is 2.03. The zero-order valence-corrected chi connectivity index (χ0v) is 14.1. The Kier molecular flexibility index (Phi) is 5.23. The van der Waals surface area contributed by atoms with E-state index in [1.54, 1.807) is 12.1 Å². The standard InChI is InChI=1S/C15H14ClN3O4S/c1-9-2-3-11(8-13(9)16)19-15(21)14(20)18-10-4-6-12(7-5-10)24(17,22)23/h2-8H,1H3,(H,18,20)(H,19,21)(H2,17,22,23). The normalized spacial score (nSPS) is 11.0. The van der Waals surface area contributed by atoms with Crippen LogP contribution >= 0.6 is 11.6 Å². The van der Waals surface area contributed by atoms with E-state index in [2.05, 4.69) is 10.6 Å². The third kappa shape index (κ3) is 4.54. The molecule has 0 heterocycles. The second-order valence-electron chi connectivity index (χ2n) is 4.94. The summed E-state index contributed by atoms with van der Waals surface area (Å²) >= 11 is 5.95. The minimum Gasteiger partial charge on any atom is -0.318 e. The summed E-state index contributed by atoms with van der Waals surface area (Å²) in [6.45, 7) is 1.81. The van der Waals surface area contributed by atoms with Crippen LogP contribution in [0.25, 0.3) is 0 Å². The summed E-state index contributed by atoms with van der Waals surface area (Å²) in [7, 11) is -3.82. The molecule has 4 N–H and O–H groups in total. The second kappa shape index (κ2) is 7.00. The van der Waals surface area contributed by atoms with Crippen LogP contribution in [-0.2, 0) is 19.6 Å². The molecule has 0 spiro atoms. The molecule has 0 radical (unpaired) electrons. The molecule has 0 unspecified atom stereocenters. The number of aryl methyl sites for hydroxylation is 1. The lowest BCUT2D eigenvalue weighted by Gasteiger charge is -2.08. The van der Waals surface area contributed by atoms with Gasteiger partial charge in [-0.25, -0.2) is 13.6 Å². The van der Waals surface area contributed by atoms with Crippen LogP contribution < -0.4 is 15.8 Å². The molecule has 0 aliphatic heterocycles. The second-order valence-corrected chi connectivity index (χ2v) is 6.91. The largest absolute Gasteiger partial charge is 0.318 e. The molecular weight excluding hydrogens is 354 g/mol. The zero-order chi connectivity index (χ0) is 17.9. The molecule has 2 amide bonds. The Morgan fingerprint density at radius 2 is 1.46 bits per heavy atom. The molecule has 9 heteroatoms. The third-order valence-corrected chi connectivity index (χ3v) is 4.41. The fourth-order valence-corrected chi connectivity index (χ4v) is 2.47. The monoisotopic (exact) mass is 367 g/mol. The zero-order valence-electron chi connectivity index (χ0n) is 12.5. The maximum Gasteiger partial charge on any atom is 0.314 e. The van der Waals surface area contributed by atoms with Crippen LogP contribution in [-0.4, -0.2) is 20.2 Å². The van der Waals surface area contributed by atoms with Gasteiger partial charge in [-0.15, -0.1) is 0 Å². The number of carbonyl (C=O) groups is 2. The van der Waals surface area contributed by atoms with Crippen molar-refractivity contribution in [1.82, 2.24) is 0 Å². The van der Waals surface area contributed by atoms with Gasteiger partial charge in [0, 0.05) is 16.4 Å². The van der Waals surface area contributed by atoms with Crippen molar-refractivity contribution in [3.63, 3.8) is 0 Å². The average molecular weight is 368 g/mol. The van der Waals surface area contributed by atoms with Crippen molar-refractivity contribution in [3.8, 4) is 0 Å². The van der Waals surface area contributed by atoms with Crippen molar-refractivity contribution in [2.24, 2.45) is 5.14 Å². The number of sulfonamides is 1. The fourth-order valence-electron chi connectivity index (χ4n) is 1.77. The predicted molar refractivity (Wildman–Crippen MR) is 91.3 cm³/mol. The predicted octanol–water partition coefficient (Wildman–Crippen LogP) is 1.87. The van der Waals surface area contributed by atoms with Gasteiger partial charge in [0.05, 0.1) is 4.90 Å². The maximum absolute atomic E-state index is 11.9. The third-order valence-electron chi connectivity index (χ3n) is 3.08. The number of rotatable bonds is 3. The van der Waals surface area contributed by atoms with Gasteiger partial charge in [-0.1, -0.05) is 17.7 Å². The topological polar surface area (TPSA) is 118 Å². The van der Waals surface area contributed by atoms with E-state index < -0.39 is 21.8 Å². The van der Waals surface area contributed by atoms with Gasteiger partial charge >= 0.3 is 11.8 Å². The number of nitrogens with one attached hydrogen (secondary N) is 2. The van der Waals surface area contributed by atoms with E-state index in [9.17, 15) is 18.0 Å². The molecule has 7 nitrogen and oxygen atoms in total. The van der Waals surface area contributed by atoms with Crippen LogP contribution in [0, 0.1) is 6.92 Å². The van der Waals surface area contributed by atoms with Gasteiger partial charge in [-0.05, 0) is 48.9 Å². The van der Waals surface area contributed by atoms with Gasteiger partial charge in [0.15, 0.2) is 0 Å². The molecule has 2 rings (SSSR count). The summed E-state index contributed by atoms with van der Waals surface area (Å²) in [6, 6.07) is 9.96. The van der Waals surface area contributed by atoms with Gasteiger partial charge in [-0.2, -0.15) is 0 Å². The molecule has 2 aromatic carbocycles. The minimum absolute atomic E-state index is 0.0979. The van der Waals surface area contributed by atoms with Gasteiger partial charge in [0.2, 0.25) is 10.0 Å². The lowest BCUT2D eigenvalue weighted by atomic mass is 10.2. The smallest absolute Gasteiger partial charge is 0.314 e. The van der Waals surface area contributed by atoms with Crippen LogP contribution in [0.5, 0.6) is 0 Å². The summed E-state index contributed by atoms with van der Waals surface area (Å²) in [4.78, 5) is 23.6. The van der Waals surface area contributed by atoms with E-state index in [4.69, 9.17) is 16.7 Å². The average Bonchev–Trinajstić information content (AvgIpc) is 2.50. The molecule has 126 valence electrons. The van der Waals surface area contributed by atoms with Crippen LogP contribution in [0.3, 0.4) is 0 Å². The highest BCUT2D eigenvalue weighted by Gasteiger charge is 2.15. The van der Waals surface area contributed by atoms with E-state index in [1.165, 1.54) is 30.3 Å². The Morgan fingerprint density at radius 1 is 0.958 bits per heavy atom. The number of halogens is 1. The van der Waals surface area contributed by atoms with Crippen LogP contribution in [0.2, 0.25) is 5.02 Å². The quantitative estimate of drug-likeness (QED) is 0.717. The van der Waals surface area contributed by atoms with Crippen molar-refractivity contribution in [2.45, 2.75) is 11.8 Å². The number of anilines is 2. The molecule has 0 saturated carbocycles. The number of primary sulfonamides is 1. The van der Waals surface area contributed by atoms with E-state index in [-0.39, 0.29) is 10.6 Å². The first-order valence-electron chi connectivity index (χ1n) is 6.68. The minimum atomic E-state index is -3.82. The van der Waals surface area contributed by atoms with Crippen molar-refractivity contribution < 1.29 is 18.0 Å². The summed E-state index contributed by atoms with van der Waals surface area (Å²) in [5, 5.41) is 10.2. The fraction of sp³-hybridized carbons (Fsp3) is 0.0667. The number of hydrogen-bond donors (Lipinski definition) is 3. The highest BCUT2D eigenvalue weighted by Crippen LogP contribution is 2.20. The summed E-state index contributed by atoms with van der Waals surface area (Å²) < 4.78 is 22.3. The van der Waals surface area contributed by atoms with Gasteiger partial charge < -0.3 is 10.6 Å². The van der Waals surface area contributed by atoms with Crippen molar-refractivity contribution >= 4 is 44.8 Å². The Morgan fingerprint density at radius 3 is 1.96 bits per heavy atom. The van der Waals surface area contributed by atoms with Gasteiger partial charge in [0.25, 0.3) is 0 Å². The van der Waals surface area contributed by atoms with Crippen molar-refractivity contribution in [1.29, 1.82) is 0 Å². The SMILES string of the molecule is Cc1ccc(NC(=O)C(=O)Nc2ccc(S(N)(=O)=O)cc2)cc1Cl. The van der Waals surface area contributed by atoms with Crippen molar-refractivity contribution in [2.75, 3.05) is 10.6 Å². The molecule has 0 bridgehead atoms. The van der Waals surface area contributed by atoms with E-state index >= 15 is 0 Å². The summed E-state index contributed by atoms with van der Waals surface area (Å²) in [6.07, 6.45) is 0. The molecule has 2 aromatic rings. The highest BCUT2D eigenvalue weighted by molar-refractivity contribution is 7.89. The lowest BCUT2D eigenvalue weighted by Crippen LogP contribution is -2.29. The molecule has 0 saturated heterocycles. The lowest BCUT2D eigenvalue weighted by molar-refractivity contribution is -0.132. The van der Waals surface area contributed by atoms with E-state index in [0.717, 1.165) is 5.56 Å². The molecule has 0 atom stereocenters. The number of benzene rings is 2. The van der Waals surface area contributed by atoms with Gasteiger partial charge in [-0.3, -0.25) is 9.59 Å². The number of nitrogens with two attached hydrogens (primary N) is 1. The van der Waals surface area contributed by atoms with Crippen molar-refractivity contribution in [3.05, 3.63) is 53.1 Å².